The molecule has 3 unspecified atom stereocenters. The van der Waals surface area contributed by atoms with Gasteiger partial charge < -0.3 is 5.32 Å². The fraction of sp³-hybridized carbons (Fsp3) is 0.789. The van der Waals surface area contributed by atoms with Crippen LogP contribution >= 0.6 is 11.3 Å². The third kappa shape index (κ3) is 2.30. The Morgan fingerprint density at radius 3 is 2.43 bits per heavy atom. The van der Waals surface area contributed by atoms with Gasteiger partial charge in [-0.05, 0) is 85.6 Å². The minimum atomic E-state index is 0.557. The normalized spacial score (nSPS) is 46.0. The zero-order chi connectivity index (χ0) is 14.7. The van der Waals surface area contributed by atoms with E-state index in [9.17, 15) is 0 Å². The molecule has 116 valence electrons. The predicted octanol–water partition coefficient (Wildman–Crippen LogP) is 4.88. The largest absolute Gasteiger partial charge is 0.316 e. The van der Waals surface area contributed by atoms with Gasteiger partial charge in [0.15, 0.2) is 0 Å². The molecule has 0 spiro atoms. The van der Waals surface area contributed by atoms with Crippen LogP contribution in [-0.2, 0) is 6.42 Å². The number of hydrogen-bond donors (Lipinski definition) is 1. The van der Waals surface area contributed by atoms with Crippen molar-refractivity contribution in [1.82, 2.24) is 5.32 Å². The fourth-order valence-electron chi connectivity index (χ4n) is 7.18. The summed E-state index contributed by atoms with van der Waals surface area (Å²) in [5.41, 5.74) is 1.80. The van der Waals surface area contributed by atoms with Crippen LogP contribution in [0.4, 0.5) is 0 Å². The van der Waals surface area contributed by atoms with Crippen LogP contribution in [0.2, 0.25) is 0 Å². The van der Waals surface area contributed by atoms with E-state index in [0.717, 1.165) is 5.92 Å². The monoisotopic (exact) mass is 303 g/mol. The summed E-state index contributed by atoms with van der Waals surface area (Å²) in [6.45, 7) is 5.17. The smallest absolute Gasteiger partial charge is 0.0169 e. The molecular formula is C19H29NS. The highest BCUT2D eigenvalue weighted by molar-refractivity contribution is 7.09. The molecule has 1 N–H and O–H groups in total. The van der Waals surface area contributed by atoms with E-state index in [4.69, 9.17) is 0 Å². The molecule has 1 nitrogen and oxygen atoms in total. The van der Waals surface area contributed by atoms with Gasteiger partial charge in [-0.3, -0.25) is 0 Å². The lowest BCUT2D eigenvalue weighted by Crippen LogP contribution is -2.61. The average Bonchev–Trinajstić information content (AvgIpc) is 2.83. The molecule has 4 fully saturated rings. The zero-order valence-electron chi connectivity index (χ0n) is 13.7. The summed E-state index contributed by atoms with van der Waals surface area (Å²) in [5, 5.41) is 5.97. The molecule has 5 rings (SSSR count). The third-order valence-corrected chi connectivity index (χ3v) is 7.64. The highest BCUT2D eigenvalue weighted by Crippen LogP contribution is 2.70. The van der Waals surface area contributed by atoms with E-state index in [0.29, 0.717) is 22.3 Å². The molecular weight excluding hydrogens is 274 g/mol. The molecule has 1 heterocycles. The molecule has 0 aromatic carbocycles. The molecule has 2 heteroatoms. The fourth-order valence-corrected chi connectivity index (χ4v) is 7.93. The minimum Gasteiger partial charge on any atom is -0.316 e. The van der Waals surface area contributed by atoms with Crippen molar-refractivity contribution in [2.75, 3.05) is 7.05 Å². The molecule has 4 aliphatic carbocycles. The van der Waals surface area contributed by atoms with Crippen LogP contribution in [0.3, 0.4) is 0 Å². The van der Waals surface area contributed by atoms with Crippen molar-refractivity contribution in [3.05, 3.63) is 22.4 Å². The second-order valence-corrected chi connectivity index (χ2v) is 10.1. The molecule has 1 aromatic heterocycles. The summed E-state index contributed by atoms with van der Waals surface area (Å²) >= 11 is 1.93. The Labute approximate surface area is 133 Å². The van der Waals surface area contributed by atoms with Crippen LogP contribution in [0.5, 0.6) is 0 Å². The maximum Gasteiger partial charge on any atom is 0.0169 e. The molecule has 3 atom stereocenters. The van der Waals surface area contributed by atoms with Gasteiger partial charge in [-0.2, -0.15) is 0 Å². The summed E-state index contributed by atoms with van der Waals surface area (Å²) in [6, 6.07) is 5.19. The van der Waals surface area contributed by atoms with Crippen molar-refractivity contribution < 1.29 is 0 Å². The lowest BCUT2D eigenvalue weighted by molar-refractivity contribution is -0.157. The van der Waals surface area contributed by atoms with Gasteiger partial charge in [0.2, 0.25) is 0 Å². The van der Waals surface area contributed by atoms with Crippen LogP contribution in [-0.4, -0.2) is 13.1 Å². The molecule has 0 aliphatic heterocycles. The quantitative estimate of drug-likeness (QED) is 0.836. The summed E-state index contributed by atoms with van der Waals surface area (Å²) in [7, 11) is 2.20. The standard InChI is InChI=1S/C19H29NS/c1-17-8-14-9-18(2,11-17)13-19(10-14,12-17)16(20-3)7-15-5-4-6-21-15/h4-6,14,16,20H,7-13H2,1-3H3. The summed E-state index contributed by atoms with van der Waals surface area (Å²) in [4.78, 5) is 1.56. The SMILES string of the molecule is CNC(Cc1cccs1)C12CC3CC(C)(CC(C)(C3)C1)C2. The van der Waals surface area contributed by atoms with Gasteiger partial charge in [-0.1, -0.05) is 19.9 Å². The van der Waals surface area contributed by atoms with Crippen molar-refractivity contribution in [1.29, 1.82) is 0 Å². The van der Waals surface area contributed by atoms with E-state index in [2.05, 4.69) is 43.7 Å². The number of hydrogen-bond acceptors (Lipinski definition) is 2. The van der Waals surface area contributed by atoms with Crippen LogP contribution in [0.15, 0.2) is 17.5 Å². The number of nitrogens with one attached hydrogen (secondary N) is 1. The second-order valence-electron chi connectivity index (χ2n) is 9.12. The van der Waals surface area contributed by atoms with Gasteiger partial charge in [0.1, 0.15) is 0 Å². The van der Waals surface area contributed by atoms with E-state index in [1.165, 1.54) is 44.9 Å². The van der Waals surface area contributed by atoms with E-state index < -0.39 is 0 Å². The van der Waals surface area contributed by atoms with E-state index in [-0.39, 0.29) is 0 Å². The summed E-state index contributed by atoms with van der Waals surface area (Å²) < 4.78 is 0. The lowest BCUT2D eigenvalue weighted by atomic mass is 9.39. The Bertz CT molecular complexity index is 502. The first-order valence-electron chi connectivity index (χ1n) is 8.64. The van der Waals surface area contributed by atoms with Crippen LogP contribution in [0.25, 0.3) is 0 Å². The van der Waals surface area contributed by atoms with Crippen molar-refractivity contribution in [2.24, 2.45) is 22.2 Å². The lowest BCUT2D eigenvalue weighted by Gasteiger charge is -2.67. The molecule has 0 amide bonds. The van der Waals surface area contributed by atoms with Gasteiger partial charge in [0.05, 0.1) is 0 Å². The minimum absolute atomic E-state index is 0.557. The van der Waals surface area contributed by atoms with Crippen LogP contribution in [0.1, 0.15) is 57.2 Å². The van der Waals surface area contributed by atoms with Gasteiger partial charge in [-0.15, -0.1) is 11.3 Å². The number of thiophene rings is 1. The highest BCUT2D eigenvalue weighted by Gasteiger charge is 2.61. The Morgan fingerprint density at radius 2 is 1.90 bits per heavy atom. The van der Waals surface area contributed by atoms with Crippen LogP contribution in [0, 0.1) is 22.2 Å². The highest BCUT2D eigenvalue weighted by atomic mass is 32.1. The predicted molar refractivity (Wildman–Crippen MR) is 90.7 cm³/mol. The maximum atomic E-state index is 3.74. The van der Waals surface area contributed by atoms with E-state index in [1.54, 1.807) is 4.88 Å². The summed E-state index contributed by atoms with van der Waals surface area (Å²) in [5.74, 6) is 0.996. The Balaban J connectivity index is 1.66. The summed E-state index contributed by atoms with van der Waals surface area (Å²) in [6.07, 6.45) is 10.1. The third-order valence-electron chi connectivity index (χ3n) is 6.74. The molecule has 21 heavy (non-hydrogen) atoms. The Kier molecular flexibility index (Phi) is 3.11. The number of rotatable bonds is 4. The first-order chi connectivity index (χ1) is 9.94. The zero-order valence-corrected chi connectivity index (χ0v) is 14.6. The molecule has 0 saturated heterocycles. The molecule has 1 aromatic rings. The Hall–Kier alpha value is -0.340. The van der Waals surface area contributed by atoms with Gasteiger partial charge in [0, 0.05) is 10.9 Å². The van der Waals surface area contributed by atoms with Crippen LogP contribution < -0.4 is 5.32 Å². The van der Waals surface area contributed by atoms with E-state index >= 15 is 0 Å². The molecule has 4 bridgehead atoms. The molecule has 0 radical (unpaired) electrons. The van der Waals surface area contributed by atoms with Crippen molar-refractivity contribution in [3.63, 3.8) is 0 Å². The first-order valence-corrected chi connectivity index (χ1v) is 9.52. The molecule has 4 saturated carbocycles. The second kappa shape index (κ2) is 4.58. The van der Waals surface area contributed by atoms with Gasteiger partial charge in [-0.25, -0.2) is 0 Å². The first kappa shape index (κ1) is 14.3. The van der Waals surface area contributed by atoms with Gasteiger partial charge in [0.25, 0.3) is 0 Å². The topological polar surface area (TPSA) is 12.0 Å². The van der Waals surface area contributed by atoms with Gasteiger partial charge >= 0.3 is 0 Å². The Morgan fingerprint density at radius 1 is 1.19 bits per heavy atom. The van der Waals surface area contributed by atoms with E-state index in [1.807, 2.05) is 11.3 Å². The number of likely N-dealkylation sites (N-methyl/N-ethyl adjacent to an activating group) is 1. The van der Waals surface area contributed by atoms with Crippen molar-refractivity contribution >= 4 is 11.3 Å². The van der Waals surface area contributed by atoms with Crippen molar-refractivity contribution in [3.8, 4) is 0 Å². The average molecular weight is 304 g/mol. The molecule has 4 aliphatic rings. The van der Waals surface area contributed by atoms with Crippen molar-refractivity contribution in [2.45, 2.75) is 64.8 Å². The maximum absolute atomic E-state index is 3.74.